The minimum atomic E-state index is -0.358. The molecule has 6 heteroatoms. The molecule has 0 saturated carbocycles. The van der Waals surface area contributed by atoms with Gasteiger partial charge in [-0.3, -0.25) is 4.79 Å². The molecule has 1 aliphatic rings. The summed E-state index contributed by atoms with van der Waals surface area (Å²) in [5, 5.41) is 4.31. The Kier molecular flexibility index (Phi) is 6.49. The Bertz CT molecular complexity index is 1180. The van der Waals surface area contributed by atoms with E-state index in [4.69, 9.17) is 9.15 Å². The molecule has 32 heavy (non-hydrogen) atoms. The minimum absolute atomic E-state index is 0.0274. The van der Waals surface area contributed by atoms with Crippen molar-refractivity contribution in [1.29, 1.82) is 0 Å². The van der Waals surface area contributed by atoms with Gasteiger partial charge in [0, 0.05) is 42.8 Å². The summed E-state index contributed by atoms with van der Waals surface area (Å²) >= 11 is 0. The van der Waals surface area contributed by atoms with E-state index in [1.165, 1.54) is 5.56 Å². The van der Waals surface area contributed by atoms with Gasteiger partial charge in [0.05, 0.1) is 0 Å². The summed E-state index contributed by atoms with van der Waals surface area (Å²) in [6.45, 7) is 8.52. The Morgan fingerprint density at radius 1 is 1.16 bits per heavy atom. The molecule has 1 N–H and O–H groups in total. The van der Waals surface area contributed by atoms with E-state index in [9.17, 15) is 9.59 Å². The van der Waals surface area contributed by atoms with Crippen molar-refractivity contribution in [2.75, 3.05) is 25.0 Å². The van der Waals surface area contributed by atoms with Crippen molar-refractivity contribution in [2.24, 2.45) is 0 Å². The second kappa shape index (κ2) is 9.47. The van der Waals surface area contributed by atoms with Crippen molar-refractivity contribution in [1.82, 2.24) is 4.90 Å². The van der Waals surface area contributed by atoms with Crippen LogP contribution < -0.4 is 15.7 Å². The van der Waals surface area contributed by atoms with Crippen LogP contribution in [0, 0.1) is 6.92 Å². The van der Waals surface area contributed by atoms with Crippen LogP contribution in [-0.4, -0.2) is 30.5 Å². The molecule has 0 unspecified atom stereocenters. The second-order valence-electron chi connectivity index (χ2n) is 8.71. The molecular weight excluding hydrogens is 404 g/mol. The maximum atomic E-state index is 12.2. The molecule has 3 aromatic rings. The Morgan fingerprint density at radius 2 is 1.94 bits per heavy atom. The standard InChI is InChI=1S/C26H30N2O4/c1-17(2)22-14-23-19(12-26(30)32-24(23)11-18(22)3)15-27-20-7-6-8-21(13-20)31-16-25(29)28-9-4-5-10-28/h6-8,11-14,17,27H,4-5,9-10,15-16H2,1-3H3. The van der Waals surface area contributed by atoms with Gasteiger partial charge in [0.25, 0.3) is 5.91 Å². The molecular formula is C26H30N2O4. The monoisotopic (exact) mass is 434 g/mol. The first-order valence-electron chi connectivity index (χ1n) is 11.2. The molecule has 0 spiro atoms. The first-order chi connectivity index (χ1) is 15.4. The number of rotatable bonds is 7. The van der Waals surface area contributed by atoms with Gasteiger partial charge in [0.2, 0.25) is 0 Å². The molecule has 1 aromatic heterocycles. The molecule has 168 valence electrons. The minimum Gasteiger partial charge on any atom is -0.484 e. The lowest BCUT2D eigenvalue weighted by Crippen LogP contribution is -2.32. The molecule has 1 aliphatic heterocycles. The third-order valence-electron chi connectivity index (χ3n) is 5.98. The van der Waals surface area contributed by atoms with Gasteiger partial charge in [-0.05, 0) is 66.6 Å². The van der Waals surface area contributed by atoms with Crippen molar-refractivity contribution in [3.63, 3.8) is 0 Å². The number of aryl methyl sites for hydroxylation is 1. The zero-order valence-electron chi connectivity index (χ0n) is 18.9. The van der Waals surface area contributed by atoms with Crippen molar-refractivity contribution in [2.45, 2.75) is 46.1 Å². The molecule has 4 rings (SSSR count). The number of hydrogen-bond acceptors (Lipinski definition) is 5. The first-order valence-corrected chi connectivity index (χ1v) is 11.2. The number of carbonyl (C=O) groups excluding carboxylic acids is 1. The Hall–Kier alpha value is -3.28. The highest BCUT2D eigenvalue weighted by molar-refractivity contribution is 5.82. The van der Waals surface area contributed by atoms with E-state index >= 15 is 0 Å². The summed E-state index contributed by atoms with van der Waals surface area (Å²) in [6.07, 6.45) is 2.13. The Balaban J connectivity index is 1.48. The molecule has 6 nitrogen and oxygen atoms in total. The van der Waals surface area contributed by atoms with Crippen LogP contribution in [0.3, 0.4) is 0 Å². The average Bonchev–Trinajstić information content (AvgIpc) is 3.30. The number of fused-ring (bicyclic) bond motifs is 1. The average molecular weight is 435 g/mol. The highest BCUT2D eigenvalue weighted by Gasteiger charge is 2.18. The fourth-order valence-electron chi connectivity index (χ4n) is 4.26. The van der Waals surface area contributed by atoms with Crippen LogP contribution in [0.15, 0.2) is 51.7 Å². The zero-order chi connectivity index (χ0) is 22.7. The van der Waals surface area contributed by atoms with Gasteiger partial charge >= 0.3 is 5.63 Å². The van der Waals surface area contributed by atoms with E-state index in [1.807, 2.05) is 42.2 Å². The van der Waals surface area contributed by atoms with Gasteiger partial charge in [-0.2, -0.15) is 0 Å². The molecule has 0 aliphatic carbocycles. The van der Waals surface area contributed by atoms with Gasteiger partial charge in [0.15, 0.2) is 6.61 Å². The fourth-order valence-corrected chi connectivity index (χ4v) is 4.26. The predicted octanol–water partition coefficient (Wildman–Crippen LogP) is 4.84. The first kappa shape index (κ1) is 21.9. The summed E-state index contributed by atoms with van der Waals surface area (Å²) < 4.78 is 11.2. The van der Waals surface area contributed by atoms with Crippen LogP contribution in [0.2, 0.25) is 0 Å². The number of benzene rings is 2. The smallest absolute Gasteiger partial charge is 0.336 e. The van der Waals surface area contributed by atoms with E-state index in [-0.39, 0.29) is 18.1 Å². The van der Waals surface area contributed by atoms with E-state index in [2.05, 4.69) is 25.2 Å². The highest BCUT2D eigenvalue weighted by Crippen LogP contribution is 2.27. The summed E-state index contributed by atoms with van der Waals surface area (Å²) in [5.74, 6) is 1.04. The molecule has 1 amide bonds. The summed E-state index contributed by atoms with van der Waals surface area (Å²) in [6, 6.07) is 13.1. The third-order valence-corrected chi connectivity index (χ3v) is 5.98. The number of likely N-dealkylation sites (tertiary alicyclic amines) is 1. The summed E-state index contributed by atoms with van der Waals surface area (Å²) in [5.41, 5.74) is 4.35. The van der Waals surface area contributed by atoms with Crippen LogP contribution in [-0.2, 0) is 11.3 Å². The van der Waals surface area contributed by atoms with Crippen LogP contribution in [0.5, 0.6) is 5.75 Å². The van der Waals surface area contributed by atoms with Crippen LogP contribution in [0.4, 0.5) is 5.69 Å². The van der Waals surface area contributed by atoms with E-state index in [0.29, 0.717) is 23.8 Å². The van der Waals surface area contributed by atoms with Gasteiger partial charge in [-0.1, -0.05) is 19.9 Å². The van der Waals surface area contributed by atoms with E-state index in [0.717, 1.165) is 48.1 Å². The molecule has 2 aromatic carbocycles. The van der Waals surface area contributed by atoms with Crippen LogP contribution >= 0.6 is 0 Å². The van der Waals surface area contributed by atoms with Crippen molar-refractivity contribution < 1.29 is 13.9 Å². The molecule has 1 saturated heterocycles. The normalized spacial score (nSPS) is 13.7. The van der Waals surface area contributed by atoms with Gasteiger partial charge in [0.1, 0.15) is 11.3 Å². The Labute approximate surface area is 188 Å². The predicted molar refractivity (Wildman–Crippen MR) is 126 cm³/mol. The number of nitrogens with zero attached hydrogens (tertiary/aromatic N) is 1. The highest BCUT2D eigenvalue weighted by atomic mass is 16.5. The summed E-state index contributed by atoms with van der Waals surface area (Å²) in [4.78, 5) is 26.2. The zero-order valence-corrected chi connectivity index (χ0v) is 18.9. The number of carbonyl (C=O) groups is 1. The maximum absolute atomic E-state index is 12.2. The lowest BCUT2D eigenvalue weighted by atomic mass is 9.95. The fraction of sp³-hybridized carbons (Fsp3) is 0.385. The number of nitrogens with one attached hydrogen (secondary N) is 1. The van der Waals surface area contributed by atoms with E-state index < -0.39 is 0 Å². The molecule has 0 atom stereocenters. The van der Waals surface area contributed by atoms with Crippen LogP contribution in [0.1, 0.15) is 49.3 Å². The number of hydrogen-bond donors (Lipinski definition) is 1. The SMILES string of the molecule is Cc1cc2oc(=O)cc(CNc3cccc(OCC(=O)N4CCCC4)c3)c2cc1C(C)C. The maximum Gasteiger partial charge on any atom is 0.336 e. The molecule has 2 heterocycles. The summed E-state index contributed by atoms with van der Waals surface area (Å²) in [7, 11) is 0. The van der Waals surface area contributed by atoms with Crippen LogP contribution in [0.25, 0.3) is 11.0 Å². The molecule has 1 fully saturated rings. The van der Waals surface area contributed by atoms with Crippen molar-refractivity contribution >= 4 is 22.6 Å². The topological polar surface area (TPSA) is 71.8 Å². The number of amides is 1. The lowest BCUT2D eigenvalue weighted by molar-refractivity contribution is -0.132. The van der Waals surface area contributed by atoms with E-state index in [1.54, 1.807) is 6.07 Å². The Morgan fingerprint density at radius 3 is 2.69 bits per heavy atom. The van der Waals surface area contributed by atoms with Gasteiger partial charge in [-0.25, -0.2) is 4.79 Å². The second-order valence-corrected chi connectivity index (χ2v) is 8.71. The van der Waals surface area contributed by atoms with Gasteiger partial charge < -0.3 is 19.4 Å². The number of anilines is 1. The number of ether oxygens (including phenoxy) is 1. The largest absolute Gasteiger partial charge is 0.484 e. The molecule has 0 bridgehead atoms. The van der Waals surface area contributed by atoms with Gasteiger partial charge in [-0.15, -0.1) is 0 Å². The van der Waals surface area contributed by atoms with Crippen molar-refractivity contribution in [3.8, 4) is 5.75 Å². The molecule has 0 radical (unpaired) electrons. The lowest BCUT2D eigenvalue weighted by Gasteiger charge is -2.16. The third kappa shape index (κ3) is 4.96. The van der Waals surface area contributed by atoms with Crippen molar-refractivity contribution in [3.05, 3.63) is 69.6 Å². The quantitative estimate of drug-likeness (QED) is 0.539.